The molecule has 0 saturated carbocycles. The molecule has 9 nitrogen and oxygen atoms in total. The summed E-state index contributed by atoms with van der Waals surface area (Å²) in [5.74, 6) is -0.211. The Kier molecular flexibility index (Phi) is 7.64. The topological polar surface area (TPSA) is 108 Å². The van der Waals surface area contributed by atoms with E-state index in [-0.39, 0.29) is 22.4 Å². The molecule has 1 aliphatic rings. The lowest BCUT2D eigenvalue weighted by Crippen LogP contribution is -2.60. The van der Waals surface area contributed by atoms with Gasteiger partial charge in [0.2, 0.25) is 11.2 Å². The van der Waals surface area contributed by atoms with E-state index in [1.165, 1.54) is 18.1 Å². The monoisotopic (exact) mass is 519 g/mol. The molecule has 4 rings (SSSR count). The zero-order valence-corrected chi connectivity index (χ0v) is 20.0. The minimum absolute atomic E-state index is 0.0182. The van der Waals surface area contributed by atoms with Crippen LogP contribution in [0, 0.1) is 11.3 Å². The fourth-order valence-corrected chi connectivity index (χ4v) is 4.49. The number of thioether (sulfide) groups is 1. The van der Waals surface area contributed by atoms with Crippen LogP contribution in [0.3, 0.4) is 0 Å². The molecule has 0 bridgehead atoms. The SMILES string of the molecule is COc1ccc(-c2cc(C(F)(F)F)c(C#N)c(SCC(=O)Nc3c[n+](N4CCCCC4)no3)n2)cc1. The number of rotatable bonds is 7. The maximum atomic E-state index is 13.8. The Hall–Kier alpha value is -3.79. The lowest BCUT2D eigenvalue weighted by Gasteiger charge is -2.17. The number of nitrogens with zero attached hydrogens (tertiary/aromatic N) is 5. The van der Waals surface area contributed by atoms with Crippen LogP contribution in [0.4, 0.5) is 19.1 Å². The maximum Gasteiger partial charge on any atom is 0.417 e. The summed E-state index contributed by atoms with van der Waals surface area (Å²) in [6, 6.07) is 8.74. The Morgan fingerprint density at radius 2 is 2.00 bits per heavy atom. The number of nitriles is 1. The van der Waals surface area contributed by atoms with Crippen molar-refractivity contribution in [3.05, 3.63) is 47.7 Å². The van der Waals surface area contributed by atoms with Crippen LogP contribution in [0.2, 0.25) is 0 Å². The predicted molar refractivity (Wildman–Crippen MR) is 124 cm³/mol. The summed E-state index contributed by atoms with van der Waals surface area (Å²) >= 11 is 0.731. The van der Waals surface area contributed by atoms with Crippen molar-refractivity contribution in [1.82, 2.24) is 10.3 Å². The van der Waals surface area contributed by atoms with E-state index in [2.05, 4.69) is 15.6 Å². The van der Waals surface area contributed by atoms with Crippen LogP contribution in [-0.2, 0) is 11.0 Å². The minimum Gasteiger partial charge on any atom is -0.497 e. The number of halogens is 3. The van der Waals surface area contributed by atoms with Crippen molar-refractivity contribution in [3.63, 3.8) is 0 Å². The molecule has 1 N–H and O–H groups in total. The molecule has 1 saturated heterocycles. The van der Waals surface area contributed by atoms with Crippen molar-refractivity contribution in [2.45, 2.75) is 30.5 Å². The fraction of sp³-hybridized carbons (Fsp3) is 0.348. The number of hydrogen-bond acceptors (Lipinski definition) is 8. The fourth-order valence-electron chi connectivity index (χ4n) is 3.68. The number of pyridine rings is 1. The van der Waals surface area contributed by atoms with Crippen LogP contribution >= 0.6 is 11.8 Å². The van der Waals surface area contributed by atoms with Gasteiger partial charge in [0, 0.05) is 5.56 Å². The lowest BCUT2D eigenvalue weighted by atomic mass is 10.1. The molecular formula is C23H22F3N6O3S+. The van der Waals surface area contributed by atoms with Gasteiger partial charge in [0.15, 0.2) is 0 Å². The summed E-state index contributed by atoms with van der Waals surface area (Å²) in [6.45, 7) is 1.63. The molecule has 0 atom stereocenters. The molecule has 0 unspecified atom stereocenters. The van der Waals surface area contributed by atoms with Crippen molar-refractivity contribution in [3.8, 4) is 23.1 Å². The third-order valence-electron chi connectivity index (χ3n) is 5.47. The van der Waals surface area contributed by atoms with E-state index >= 15 is 0 Å². The lowest BCUT2D eigenvalue weighted by molar-refractivity contribution is -0.759. The normalized spacial score (nSPS) is 13.8. The second-order valence-electron chi connectivity index (χ2n) is 7.91. The Balaban J connectivity index is 1.52. The van der Waals surface area contributed by atoms with Gasteiger partial charge in [0.1, 0.15) is 16.8 Å². The van der Waals surface area contributed by atoms with Crippen LogP contribution < -0.4 is 19.9 Å². The van der Waals surface area contributed by atoms with Crippen molar-refractivity contribution in [1.29, 1.82) is 5.26 Å². The number of nitrogens with one attached hydrogen (secondary N) is 1. The minimum atomic E-state index is -4.78. The van der Waals surface area contributed by atoms with Crippen LogP contribution in [-0.4, -0.2) is 42.1 Å². The third-order valence-corrected chi connectivity index (χ3v) is 6.45. The average Bonchev–Trinajstić information content (AvgIpc) is 3.35. The summed E-state index contributed by atoms with van der Waals surface area (Å²) in [4.78, 5) is 18.3. The number of methoxy groups -OCH3 is 1. The highest BCUT2D eigenvalue weighted by Crippen LogP contribution is 2.38. The third kappa shape index (κ3) is 5.88. The Morgan fingerprint density at radius 3 is 2.64 bits per heavy atom. The largest absolute Gasteiger partial charge is 0.497 e. The number of carbonyl (C=O) groups is 1. The average molecular weight is 520 g/mol. The molecule has 0 radical (unpaired) electrons. The zero-order valence-electron chi connectivity index (χ0n) is 19.2. The number of aromatic nitrogens is 3. The summed E-state index contributed by atoms with van der Waals surface area (Å²) in [7, 11) is 1.47. The Labute approximate surface area is 208 Å². The first kappa shape index (κ1) is 25.3. The smallest absolute Gasteiger partial charge is 0.417 e. The maximum absolute atomic E-state index is 13.8. The molecule has 0 aliphatic carbocycles. The molecule has 0 spiro atoms. The predicted octanol–water partition coefficient (Wildman–Crippen LogP) is 3.78. The molecular weight excluding hydrogens is 497 g/mol. The van der Waals surface area contributed by atoms with Crippen molar-refractivity contribution in [2.24, 2.45) is 0 Å². The quantitative estimate of drug-likeness (QED) is 0.371. The van der Waals surface area contributed by atoms with E-state index in [1.807, 2.05) is 5.01 Å². The van der Waals surface area contributed by atoms with Crippen LogP contribution in [0.15, 0.2) is 46.1 Å². The van der Waals surface area contributed by atoms with Gasteiger partial charge >= 0.3 is 12.1 Å². The number of hydrogen-bond donors (Lipinski definition) is 1. The van der Waals surface area contributed by atoms with Crippen LogP contribution in [0.1, 0.15) is 30.4 Å². The first-order chi connectivity index (χ1) is 17.3. The van der Waals surface area contributed by atoms with E-state index in [0.717, 1.165) is 50.2 Å². The molecule has 188 valence electrons. The van der Waals surface area contributed by atoms with E-state index < -0.39 is 23.2 Å². The van der Waals surface area contributed by atoms with Crippen molar-refractivity contribution in [2.75, 3.05) is 36.3 Å². The van der Waals surface area contributed by atoms with Crippen LogP contribution in [0.5, 0.6) is 5.75 Å². The highest BCUT2D eigenvalue weighted by molar-refractivity contribution is 8.00. The highest BCUT2D eigenvalue weighted by Gasteiger charge is 2.36. The van der Waals surface area contributed by atoms with E-state index in [9.17, 15) is 23.2 Å². The number of ether oxygens (including phenoxy) is 1. The van der Waals surface area contributed by atoms with Gasteiger partial charge in [-0.1, -0.05) is 11.8 Å². The Morgan fingerprint density at radius 1 is 1.28 bits per heavy atom. The number of piperidine rings is 1. The molecule has 2 aromatic heterocycles. The molecule has 1 fully saturated rings. The van der Waals surface area contributed by atoms with Crippen molar-refractivity contribution >= 4 is 23.6 Å². The van der Waals surface area contributed by atoms with Gasteiger partial charge in [-0.2, -0.15) is 23.4 Å². The van der Waals surface area contributed by atoms with Gasteiger partial charge in [-0.25, -0.2) is 4.98 Å². The number of carbonyl (C=O) groups excluding carboxylic acids is 1. The number of amides is 1. The number of alkyl halides is 3. The molecule has 3 heterocycles. The first-order valence-corrected chi connectivity index (χ1v) is 12.0. The van der Waals surface area contributed by atoms with Gasteiger partial charge < -0.3 is 4.74 Å². The van der Waals surface area contributed by atoms with E-state index in [1.54, 1.807) is 30.3 Å². The summed E-state index contributed by atoms with van der Waals surface area (Å²) in [5.41, 5.74) is -1.34. The molecule has 13 heteroatoms. The molecule has 36 heavy (non-hydrogen) atoms. The van der Waals surface area contributed by atoms with Gasteiger partial charge in [0.05, 0.1) is 47.6 Å². The second-order valence-corrected chi connectivity index (χ2v) is 8.88. The summed E-state index contributed by atoms with van der Waals surface area (Å²) in [6.07, 6.45) is -0.0539. The Bertz CT molecular complexity index is 1270. The zero-order chi connectivity index (χ0) is 25.7. The van der Waals surface area contributed by atoms with Gasteiger partial charge in [-0.3, -0.25) is 14.6 Å². The standard InChI is InChI=1S/C23H21F3N6O3S/c1-34-16-7-5-15(6-8-16)19-11-18(23(24,25)26)17(12-27)22(28-19)36-14-20(33)29-21-13-32(30-35-21)31-9-3-2-4-10-31/h5-8,11,13H,2-4,9-10,14H2,1H3/p+1. The highest BCUT2D eigenvalue weighted by atomic mass is 32.2. The molecule has 1 aromatic carbocycles. The molecule has 3 aromatic rings. The van der Waals surface area contributed by atoms with E-state index in [0.29, 0.717) is 11.3 Å². The number of anilines is 1. The second kappa shape index (κ2) is 10.9. The van der Waals surface area contributed by atoms with Gasteiger partial charge in [-0.15, -0.1) is 0 Å². The molecule has 1 aliphatic heterocycles. The molecule has 1 amide bonds. The van der Waals surface area contributed by atoms with E-state index in [4.69, 9.17) is 9.26 Å². The summed E-state index contributed by atoms with van der Waals surface area (Å²) in [5, 5.41) is 17.7. The first-order valence-electron chi connectivity index (χ1n) is 11.0. The summed E-state index contributed by atoms with van der Waals surface area (Å²) < 4.78 is 51.5. The van der Waals surface area contributed by atoms with Gasteiger partial charge in [-0.05, 0) is 49.6 Å². The van der Waals surface area contributed by atoms with Gasteiger partial charge in [0.25, 0.3) is 6.20 Å². The van der Waals surface area contributed by atoms with Crippen molar-refractivity contribution < 1.29 is 32.0 Å². The van der Waals surface area contributed by atoms with Crippen LogP contribution in [0.25, 0.3) is 11.3 Å². The number of benzene rings is 1.